The highest BCUT2D eigenvalue weighted by Gasteiger charge is 2.30. The molecule has 170 valence electrons. The van der Waals surface area contributed by atoms with Gasteiger partial charge in [-0.25, -0.2) is 4.79 Å². The Balaban J connectivity index is 1.68. The Morgan fingerprint density at radius 2 is 2.00 bits per heavy atom. The molecule has 8 heteroatoms. The predicted octanol–water partition coefficient (Wildman–Crippen LogP) is 3.82. The van der Waals surface area contributed by atoms with Crippen LogP contribution in [0.25, 0.3) is 11.0 Å². The number of hydrogen-bond acceptors (Lipinski definition) is 6. The van der Waals surface area contributed by atoms with Gasteiger partial charge in [-0.2, -0.15) is 5.10 Å². The lowest BCUT2D eigenvalue weighted by molar-refractivity contribution is -0.0846. The number of benzene rings is 1. The summed E-state index contributed by atoms with van der Waals surface area (Å²) in [6.45, 7) is 4.17. The van der Waals surface area contributed by atoms with Gasteiger partial charge in [0.05, 0.1) is 31.5 Å². The van der Waals surface area contributed by atoms with Gasteiger partial charge in [-0.05, 0) is 49.4 Å². The molecule has 1 fully saturated rings. The summed E-state index contributed by atoms with van der Waals surface area (Å²) in [4.78, 5) is 15.8. The standard InChI is InChI=1S/C24H29N3O5/c1-14-8-9-17(15(2)23(14)31-3)22(28)20(32-16-6-4-5-7-16)13-27-12-19-21(26-27)18(24(29)30)10-11-25-19/h8-12,16,20,22,28H,4-7,13H2,1-3H3,(H,29,30). The molecule has 0 saturated heterocycles. The maximum Gasteiger partial charge on any atom is 0.338 e. The summed E-state index contributed by atoms with van der Waals surface area (Å²) in [6.07, 6.45) is 5.93. The van der Waals surface area contributed by atoms with Crippen molar-refractivity contribution in [3.63, 3.8) is 0 Å². The number of nitrogens with zero attached hydrogens (tertiary/aromatic N) is 3. The van der Waals surface area contributed by atoms with Gasteiger partial charge in [-0.3, -0.25) is 9.67 Å². The number of carbonyl (C=O) groups is 1. The second-order valence-corrected chi connectivity index (χ2v) is 8.40. The van der Waals surface area contributed by atoms with Gasteiger partial charge >= 0.3 is 5.97 Å². The molecule has 1 saturated carbocycles. The first kappa shape index (κ1) is 22.2. The van der Waals surface area contributed by atoms with E-state index in [0.29, 0.717) is 11.0 Å². The van der Waals surface area contributed by atoms with Crippen molar-refractivity contribution in [2.24, 2.45) is 0 Å². The first-order valence-corrected chi connectivity index (χ1v) is 10.9. The molecule has 1 aromatic carbocycles. The summed E-state index contributed by atoms with van der Waals surface area (Å²) >= 11 is 0. The molecular formula is C24H29N3O5. The van der Waals surface area contributed by atoms with Crippen molar-refractivity contribution in [1.82, 2.24) is 14.8 Å². The molecule has 2 N–H and O–H groups in total. The van der Waals surface area contributed by atoms with Crippen LogP contribution in [0.2, 0.25) is 0 Å². The van der Waals surface area contributed by atoms with Gasteiger partial charge in [0.1, 0.15) is 29.0 Å². The highest BCUT2D eigenvalue weighted by atomic mass is 16.5. The number of aromatic carboxylic acids is 1. The van der Waals surface area contributed by atoms with Gasteiger partial charge in [-0.1, -0.05) is 25.0 Å². The van der Waals surface area contributed by atoms with Crippen molar-refractivity contribution < 1.29 is 24.5 Å². The van der Waals surface area contributed by atoms with E-state index in [0.717, 1.165) is 48.1 Å². The molecule has 2 unspecified atom stereocenters. The Morgan fingerprint density at radius 3 is 2.69 bits per heavy atom. The van der Waals surface area contributed by atoms with E-state index in [4.69, 9.17) is 9.47 Å². The zero-order valence-electron chi connectivity index (χ0n) is 18.6. The number of hydrogen-bond donors (Lipinski definition) is 2. The number of ether oxygens (including phenoxy) is 2. The number of aromatic nitrogens is 3. The predicted molar refractivity (Wildman–Crippen MR) is 119 cm³/mol. The molecule has 0 radical (unpaired) electrons. The fraction of sp³-hybridized carbons (Fsp3) is 0.458. The molecule has 8 nitrogen and oxygen atoms in total. The number of fused-ring (bicyclic) bond motifs is 1. The number of rotatable bonds is 8. The number of aliphatic hydroxyl groups excluding tert-OH is 1. The summed E-state index contributed by atoms with van der Waals surface area (Å²) in [5.41, 5.74) is 3.54. The normalized spacial score (nSPS) is 16.4. The smallest absolute Gasteiger partial charge is 0.338 e. The van der Waals surface area contributed by atoms with Crippen LogP contribution in [0.4, 0.5) is 0 Å². The lowest BCUT2D eigenvalue weighted by Gasteiger charge is -2.28. The first-order valence-electron chi connectivity index (χ1n) is 10.9. The molecule has 0 aliphatic heterocycles. The summed E-state index contributed by atoms with van der Waals surface area (Å²) in [5, 5.41) is 25.3. The average Bonchev–Trinajstić information content (AvgIpc) is 3.42. The fourth-order valence-corrected chi connectivity index (χ4v) is 4.58. The van der Waals surface area contributed by atoms with Gasteiger partial charge in [0.2, 0.25) is 0 Å². The Labute approximate surface area is 186 Å². The SMILES string of the molecule is COc1c(C)ccc(C(O)C(Cn2cc3nccc(C(=O)O)c3n2)OC2CCCC2)c1C. The zero-order valence-corrected chi connectivity index (χ0v) is 18.6. The van der Waals surface area contributed by atoms with Crippen molar-refractivity contribution >= 4 is 17.0 Å². The minimum absolute atomic E-state index is 0.0833. The quantitative estimate of drug-likeness (QED) is 0.549. The zero-order chi connectivity index (χ0) is 22.8. The lowest BCUT2D eigenvalue weighted by atomic mass is 9.96. The topological polar surface area (TPSA) is 107 Å². The van der Waals surface area contributed by atoms with Gasteiger partial charge in [-0.15, -0.1) is 0 Å². The van der Waals surface area contributed by atoms with Gasteiger partial charge in [0.25, 0.3) is 0 Å². The van der Waals surface area contributed by atoms with E-state index in [1.807, 2.05) is 26.0 Å². The van der Waals surface area contributed by atoms with E-state index < -0.39 is 18.2 Å². The van der Waals surface area contributed by atoms with Gasteiger partial charge in [0, 0.05) is 6.20 Å². The van der Waals surface area contributed by atoms with Crippen molar-refractivity contribution in [3.8, 4) is 5.75 Å². The van der Waals surface area contributed by atoms with Crippen LogP contribution in [0, 0.1) is 13.8 Å². The van der Waals surface area contributed by atoms with E-state index >= 15 is 0 Å². The molecule has 3 aromatic rings. The fourth-order valence-electron chi connectivity index (χ4n) is 4.58. The lowest BCUT2D eigenvalue weighted by Crippen LogP contribution is -2.31. The second-order valence-electron chi connectivity index (χ2n) is 8.40. The van der Waals surface area contributed by atoms with Crippen molar-refractivity contribution in [2.45, 2.75) is 64.4 Å². The molecule has 2 heterocycles. The van der Waals surface area contributed by atoms with Crippen LogP contribution in [0.15, 0.2) is 30.6 Å². The number of aryl methyl sites for hydroxylation is 1. The molecule has 0 amide bonds. The Morgan fingerprint density at radius 1 is 1.25 bits per heavy atom. The van der Waals surface area contributed by atoms with Crippen LogP contribution in [-0.2, 0) is 11.3 Å². The number of methoxy groups -OCH3 is 1. The Hall–Kier alpha value is -2.97. The first-order chi connectivity index (χ1) is 15.4. The average molecular weight is 440 g/mol. The molecule has 0 bridgehead atoms. The van der Waals surface area contributed by atoms with Crippen LogP contribution in [0.3, 0.4) is 0 Å². The van der Waals surface area contributed by atoms with E-state index in [1.54, 1.807) is 18.0 Å². The molecule has 2 atom stereocenters. The maximum atomic E-state index is 11.5. The monoisotopic (exact) mass is 439 g/mol. The third-order valence-electron chi connectivity index (χ3n) is 6.24. The van der Waals surface area contributed by atoms with Gasteiger partial charge in [0.15, 0.2) is 0 Å². The number of carboxylic acids is 1. The molecule has 1 aliphatic carbocycles. The summed E-state index contributed by atoms with van der Waals surface area (Å²) in [6, 6.07) is 5.28. The number of pyridine rings is 1. The number of carboxylic acid groups (broad SMARTS) is 1. The van der Waals surface area contributed by atoms with E-state index in [1.165, 1.54) is 12.3 Å². The molecule has 2 aromatic heterocycles. The highest BCUT2D eigenvalue weighted by molar-refractivity contribution is 6.00. The summed E-state index contributed by atoms with van der Waals surface area (Å²) in [5.74, 6) is -0.301. The van der Waals surface area contributed by atoms with Crippen molar-refractivity contribution in [3.05, 3.63) is 52.8 Å². The second kappa shape index (κ2) is 9.26. The van der Waals surface area contributed by atoms with Crippen LogP contribution >= 0.6 is 0 Å². The largest absolute Gasteiger partial charge is 0.496 e. The minimum Gasteiger partial charge on any atom is -0.496 e. The minimum atomic E-state index is -1.05. The third-order valence-corrected chi connectivity index (χ3v) is 6.24. The molecule has 4 rings (SSSR count). The van der Waals surface area contributed by atoms with Crippen LogP contribution in [-0.4, -0.2) is 50.3 Å². The van der Waals surface area contributed by atoms with E-state index in [-0.39, 0.29) is 18.2 Å². The van der Waals surface area contributed by atoms with Crippen LogP contribution < -0.4 is 4.74 Å². The highest BCUT2D eigenvalue weighted by Crippen LogP contribution is 2.34. The van der Waals surface area contributed by atoms with E-state index in [9.17, 15) is 15.0 Å². The number of aliphatic hydroxyl groups is 1. The third kappa shape index (κ3) is 4.33. The Bertz CT molecular complexity index is 1120. The summed E-state index contributed by atoms with van der Waals surface area (Å²) in [7, 11) is 1.63. The maximum absolute atomic E-state index is 11.5. The molecule has 1 aliphatic rings. The summed E-state index contributed by atoms with van der Waals surface area (Å²) < 4.78 is 13.5. The Kier molecular flexibility index (Phi) is 6.43. The van der Waals surface area contributed by atoms with Gasteiger partial charge < -0.3 is 19.7 Å². The van der Waals surface area contributed by atoms with Crippen LogP contribution in [0.5, 0.6) is 5.75 Å². The molecule has 32 heavy (non-hydrogen) atoms. The van der Waals surface area contributed by atoms with Crippen molar-refractivity contribution in [2.75, 3.05) is 7.11 Å². The van der Waals surface area contributed by atoms with Crippen molar-refractivity contribution in [1.29, 1.82) is 0 Å². The van der Waals surface area contributed by atoms with E-state index in [2.05, 4.69) is 10.1 Å². The van der Waals surface area contributed by atoms with Crippen LogP contribution in [0.1, 0.15) is 58.8 Å². The molecular weight excluding hydrogens is 410 g/mol. The molecule has 0 spiro atoms.